The first kappa shape index (κ1) is 22.2. The molecule has 1 N–H and O–H groups in total. The summed E-state index contributed by atoms with van der Waals surface area (Å²) in [6.45, 7) is 12.6. The van der Waals surface area contributed by atoms with Crippen molar-refractivity contribution in [2.24, 2.45) is 0 Å². The van der Waals surface area contributed by atoms with Crippen molar-refractivity contribution >= 4 is 23.1 Å². The average molecular weight is 411 g/mol. The minimum Gasteiger partial charge on any atom is -0.395 e. The lowest BCUT2D eigenvalue weighted by atomic mass is 9.84. The van der Waals surface area contributed by atoms with Gasteiger partial charge in [0.15, 0.2) is 5.78 Å². The Balaban J connectivity index is 2.08. The van der Waals surface area contributed by atoms with Crippen LogP contribution in [0.3, 0.4) is 0 Å². The number of anilines is 3. The van der Waals surface area contributed by atoms with Crippen molar-refractivity contribution in [1.29, 1.82) is 0 Å². The topological polar surface area (TPSA) is 69.6 Å². The predicted octanol–water partition coefficient (Wildman–Crippen LogP) is 4.27. The maximum atomic E-state index is 12.7. The molecule has 6 heteroatoms. The summed E-state index contributed by atoms with van der Waals surface area (Å²) in [6, 6.07) is 8.20. The molecule has 0 spiro atoms. The highest BCUT2D eigenvalue weighted by Gasteiger charge is 2.28. The fraction of sp³-hybridized carbons (Fsp3) is 0.542. The van der Waals surface area contributed by atoms with Crippen LogP contribution in [0.2, 0.25) is 0 Å². The van der Waals surface area contributed by atoms with Gasteiger partial charge in [0.1, 0.15) is 17.5 Å². The molecule has 2 aromatic rings. The van der Waals surface area contributed by atoms with Crippen LogP contribution < -0.4 is 9.80 Å². The Morgan fingerprint density at radius 2 is 1.93 bits per heavy atom. The highest BCUT2D eigenvalue weighted by Crippen LogP contribution is 2.36. The number of likely N-dealkylation sites (N-methyl/N-ethyl adjacent to an activating group) is 1. The van der Waals surface area contributed by atoms with Crippen LogP contribution in [-0.2, 0) is 11.8 Å². The summed E-state index contributed by atoms with van der Waals surface area (Å²) in [5.74, 6) is 2.62. The summed E-state index contributed by atoms with van der Waals surface area (Å²) in [6.07, 6.45) is 2.22. The Morgan fingerprint density at radius 1 is 1.17 bits per heavy atom. The molecule has 3 rings (SSSR count). The highest BCUT2D eigenvalue weighted by atomic mass is 16.3. The largest absolute Gasteiger partial charge is 0.395 e. The normalized spacial score (nSPS) is 14.1. The van der Waals surface area contributed by atoms with E-state index in [0.717, 1.165) is 53.7 Å². The minimum absolute atomic E-state index is 0.0140. The maximum Gasteiger partial charge on any atom is 0.166 e. The Bertz CT molecular complexity index is 905. The van der Waals surface area contributed by atoms with Crippen LogP contribution in [0.1, 0.15) is 69.2 Å². The standard InChI is InChI=1S/C24H34N4O2/c1-6-8-21-25-22(27(7-2)13-14-29)16-23(26-21)28-12-11-20(30)18-15-17(24(3,4)5)9-10-19(18)28/h9-10,15-16,29H,6-8,11-14H2,1-5H3. The lowest BCUT2D eigenvalue weighted by Gasteiger charge is -2.32. The molecule has 1 aliphatic rings. The number of ketones is 1. The third-order valence-electron chi connectivity index (χ3n) is 5.59. The quantitative estimate of drug-likeness (QED) is 0.735. The number of benzene rings is 1. The van der Waals surface area contributed by atoms with Gasteiger partial charge in [-0.3, -0.25) is 4.79 Å². The molecule has 162 valence electrons. The predicted molar refractivity (Wildman–Crippen MR) is 122 cm³/mol. The van der Waals surface area contributed by atoms with E-state index in [1.165, 1.54) is 0 Å². The lowest BCUT2D eigenvalue weighted by Crippen LogP contribution is -2.31. The van der Waals surface area contributed by atoms with Crippen LogP contribution in [0.4, 0.5) is 17.3 Å². The number of Topliss-reactive ketones (excluding diaryl/α,β-unsaturated/α-hetero) is 1. The number of aromatic nitrogens is 2. The number of hydrogen-bond acceptors (Lipinski definition) is 6. The molecule has 1 aliphatic heterocycles. The molecular formula is C24H34N4O2. The highest BCUT2D eigenvalue weighted by molar-refractivity contribution is 6.04. The van der Waals surface area contributed by atoms with Gasteiger partial charge in [-0.25, -0.2) is 9.97 Å². The molecule has 0 bridgehead atoms. The van der Waals surface area contributed by atoms with E-state index in [1.807, 2.05) is 12.1 Å². The van der Waals surface area contributed by atoms with Crippen molar-refractivity contribution in [2.45, 2.75) is 59.3 Å². The maximum absolute atomic E-state index is 12.7. The van der Waals surface area contributed by atoms with E-state index in [-0.39, 0.29) is 17.8 Å². The zero-order valence-corrected chi connectivity index (χ0v) is 18.9. The molecule has 0 radical (unpaired) electrons. The molecule has 0 atom stereocenters. The van der Waals surface area contributed by atoms with E-state index < -0.39 is 0 Å². The molecule has 0 saturated carbocycles. The molecule has 0 unspecified atom stereocenters. The van der Waals surface area contributed by atoms with Gasteiger partial charge in [-0.1, -0.05) is 33.8 Å². The summed E-state index contributed by atoms with van der Waals surface area (Å²) in [5.41, 5.74) is 2.83. The van der Waals surface area contributed by atoms with E-state index in [2.05, 4.69) is 56.6 Å². The van der Waals surface area contributed by atoms with E-state index >= 15 is 0 Å². The number of aryl methyl sites for hydroxylation is 1. The third kappa shape index (κ3) is 4.64. The molecule has 0 amide bonds. The first-order valence-corrected chi connectivity index (χ1v) is 11.0. The second kappa shape index (κ2) is 9.13. The number of carbonyl (C=O) groups excluding carboxylic acids is 1. The van der Waals surface area contributed by atoms with Crippen LogP contribution >= 0.6 is 0 Å². The smallest absolute Gasteiger partial charge is 0.166 e. The third-order valence-corrected chi connectivity index (χ3v) is 5.59. The summed E-state index contributed by atoms with van der Waals surface area (Å²) in [5, 5.41) is 9.44. The van der Waals surface area contributed by atoms with Crippen LogP contribution in [0.5, 0.6) is 0 Å². The molecule has 2 heterocycles. The second-order valence-electron chi connectivity index (χ2n) is 8.86. The van der Waals surface area contributed by atoms with Gasteiger partial charge in [-0.2, -0.15) is 0 Å². The van der Waals surface area contributed by atoms with Gasteiger partial charge in [-0.15, -0.1) is 0 Å². The van der Waals surface area contributed by atoms with Crippen LogP contribution in [0.15, 0.2) is 24.3 Å². The minimum atomic E-state index is -0.0140. The zero-order chi connectivity index (χ0) is 21.9. The summed E-state index contributed by atoms with van der Waals surface area (Å²) in [4.78, 5) is 26.5. The monoisotopic (exact) mass is 410 g/mol. The fourth-order valence-corrected chi connectivity index (χ4v) is 3.83. The van der Waals surface area contributed by atoms with Gasteiger partial charge < -0.3 is 14.9 Å². The first-order valence-electron chi connectivity index (χ1n) is 11.0. The van der Waals surface area contributed by atoms with E-state index in [9.17, 15) is 9.90 Å². The van der Waals surface area contributed by atoms with Crippen LogP contribution in [0, 0.1) is 0 Å². The summed E-state index contributed by atoms with van der Waals surface area (Å²) >= 11 is 0. The van der Waals surface area contributed by atoms with Crippen molar-refractivity contribution < 1.29 is 9.90 Å². The molecule has 0 fully saturated rings. The van der Waals surface area contributed by atoms with Crippen LogP contribution in [0.25, 0.3) is 0 Å². The Kier molecular flexibility index (Phi) is 6.76. The second-order valence-corrected chi connectivity index (χ2v) is 8.86. The van der Waals surface area contributed by atoms with Crippen molar-refractivity contribution in [1.82, 2.24) is 9.97 Å². The Labute approximate surface area is 180 Å². The number of carbonyl (C=O) groups is 1. The molecule has 1 aromatic carbocycles. The first-order chi connectivity index (χ1) is 14.3. The van der Waals surface area contributed by atoms with Gasteiger partial charge in [0.25, 0.3) is 0 Å². The molecular weight excluding hydrogens is 376 g/mol. The van der Waals surface area contributed by atoms with Gasteiger partial charge in [-0.05, 0) is 36.5 Å². The molecule has 6 nitrogen and oxygen atoms in total. The van der Waals surface area contributed by atoms with E-state index in [0.29, 0.717) is 19.5 Å². The number of aliphatic hydroxyl groups excluding tert-OH is 1. The number of rotatable bonds is 7. The van der Waals surface area contributed by atoms with Gasteiger partial charge in [0.05, 0.1) is 12.3 Å². The lowest BCUT2D eigenvalue weighted by molar-refractivity contribution is 0.0981. The summed E-state index contributed by atoms with van der Waals surface area (Å²) < 4.78 is 0. The SMILES string of the molecule is CCCc1nc(N(CC)CCO)cc(N2CCC(=O)c3cc(C(C)(C)C)ccc32)n1. The van der Waals surface area contributed by atoms with E-state index in [1.54, 1.807) is 0 Å². The number of aliphatic hydroxyl groups is 1. The van der Waals surface area contributed by atoms with Crippen molar-refractivity contribution in [3.63, 3.8) is 0 Å². The fourth-order valence-electron chi connectivity index (χ4n) is 3.83. The van der Waals surface area contributed by atoms with Gasteiger partial charge in [0.2, 0.25) is 0 Å². The average Bonchev–Trinajstić information content (AvgIpc) is 2.71. The molecule has 0 saturated heterocycles. The number of nitrogens with zero attached hydrogens (tertiary/aromatic N) is 4. The van der Waals surface area contributed by atoms with Crippen LogP contribution in [-0.4, -0.2) is 47.1 Å². The number of hydrogen-bond donors (Lipinski definition) is 1. The molecule has 0 aliphatic carbocycles. The molecule has 30 heavy (non-hydrogen) atoms. The zero-order valence-electron chi connectivity index (χ0n) is 18.9. The Hall–Kier alpha value is -2.47. The van der Waals surface area contributed by atoms with Crippen molar-refractivity contribution in [2.75, 3.05) is 36.0 Å². The molecule has 1 aromatic heterocycles. The van der Waals surface area contributed by atoms with Gasteiger partial charge in [0, 0.05) is 44.1 Å². The van der Waals surface area contributed by atoms with Gasteiger partial charge >= 0.3 is 0 Å². The van der Waals surface area contributed by atoms with Crippen molar-refractivity contribution in [3.8, 4) is 0 Å². The summed E-state index contributed by atoms with van der Waals surface area (Å²) in [7, 11) is 0. The number of fused-ring (bicyclic) bond motifs is 1. The van der Waals surface area contributed by atoms with Crippen molar-refractivity contribution in [3.05, 3.63) is 41.2 Å². The Morgan fingerprint density at radius 3 is 2.57 bits per heavy atom. The van der Waals surface area contributed by atoms with E-state index in [4.69, 9.17) is 9.97 Å².